The number of furan rings is 1. The molecule has 0 radical (unpaired) electrons. The van der Waals surface area contributed by atoms with E-state index in [0.717, 1.165) is 11.4 Å². The third-order valence-corrected chi connectivity index (χ3v) is 6.14. The van der Waals surface area contributed by atoms with Crippen LogP contribution in [0, 0.1) is 10.1 Å². The van der Waals surface area contributed by atoms with Crippen LogP contribution >= 0.6 is 12.2 Å². The van der Waals surface area contributed by atoms with Crippen LogP contribution in [0.2, 0.25) is 0 Å². The number of nitrogens with zero attached hydrogens (tertiary/aromatic N) is 3. The van der Waals surface area contributed by atoms with Crippen LogP contribution in [0.25, 0.3) is 11.3 Å². The minimum atomic E-state index is -0.434. The molecule has 0 unspecified atom stereocenters. The minimum Gasteiger partial charge on any atom is -0.459 e. The van der Waals surface area contributed by atoms with Gasteiger partial charge >= 0.3 is 0 Å². The molecule has 1 saturated heterocycles. The van der Waals surface area contributed by atoms with Gasteiger partial charge in [0.05, 0.1) is 16.7 Å². The molecule has 36 heavy (non-hydrogen) atoms. The lowest BCUT2D eigenvalue weighted by Crippen LogP contribution is -2.29. The molecule has 0 saturated carbocycles. The number of hydrogen-bond acceptors (Lipinski definition) is 6. The summed E-state index contributed by atoms with van der Waals surface area (Å²) in [7, 11) is 0. The van der Waals surface area contributed by atoms with E-state index < -0.39 is 4.92 Å². The number of nitrogens with one attached hydrogen (secondary N) is 2. The number of carbonyl (C=O) groups is 1. The fourth-order valence-corrected chi connectivity index (χ4v) is 4.62. The molecule has 0 aliphatic carbocycles. The van der Waals surface area contributed by atoms with Crippen LogP contribution in [0.3, 0.4) is 0 Å². The Morgan fingerprint density at radius 1 is 1.11 bits per heavy atom. The monoisotopic (exact) mass is 499 g/mol. The second-order valence-electron chi connectivity index (χ2n) is 8.23. The summed E-state index contributed by atoms with van der Waals surface area (Å²) in [5, 5.41) is 17.9. The van der Waals surface area contributed by atoms with E-state index >= 15 is 0 Å². The lowest BCUT2D eigenvalue weighted by molar-refractivity contribution is -0.384. The quantitative estimate of drug-likeness (QED) is 0.206. The number of carbonyl (C=O) groups excluding carboxylic acids is 1. The predicted molar refractivity (Wildman–Crippen MR) is 139 cm³/mol. The van der Waals surface area contributed by atoms with Crippen molar-refractivity contribution < 1.29 is 14.1 Å². The zero-order chi connectivity index (χ0) is 25.2. The Bertz CT molecular complexity index is 1440. The Labute approximate surface area is 211 Å². The molecule has 1 aliphatic rings. The van der Waals surface area contributed by atoms with Crippen molar-refractivity contribution in [3.63, 3.8) is 0 Å². The maximum Gasteiger partial charge on any atom is 0.270 e. The van der Waals surface area contributed by atoms with Crippen LogP contribution in [0.4, 0.5) is 17.1 Å². The number of pyridine rings is 1. The second-order valence-corrected chi connectivity index (χ2v) is 8.62. The Morgan fingerprint density at radius 3 is 2.61 bits per heavy atom. The summed E-state index contributed by atoms with van der Waals surface area (Å²) in [6.45, 7) is 1.46. The van der Waals surface area contributed by atoms with Crippen molar-refractivity contribution in [2.24, 2.45) is 0 Å². The molecule has 4 aromatic rings. The first-order valence-electron chi connectivity index (χ1n) is 11.1. The normalized spacial score (nSPS) is 17.0. The van der Waals surface area contributed by atoms with Crippen molar-refractivity contribution >= 4 is 40.3 Å². The van der Waals surface area contributed by atoms with Gasteiger partial charge in [-0.3, -0.25) is 19.9 Å². The molecule has 5 rings (SSSR count). The number of amides is 1. The van der Waals surface area contributed by atoms with Crippen LogP contribution in [-0.2, 0) is 4.79 Å². The van der Waals surface area contributed by atoms with E-state index in [2.05, 4.69) is 15.6 Å². The topological polar surface area (TPSA) is 114 Å². The zero-order valence-electron chi connectivity index (χ0n) is 19.1. The number of non-ortho nitro benzene ring substituents is 1. The van der Waals surface area contributed by atoms with Gasteiger partial charge < -0.3 is 20.0 Å². The largest absolute Gasteiger partial charge is 0.459 e. The van der Waals surface area contributed by atoms with E-state index in [-0.39, 0.29) is 23.7 Å². The molecule has 2 atom stereocenters. The number of aromatic nitrogens is 1. The molecular weight excluding hydrogens is 478 g/mol. The Kier molecular flexibility index (Phi) is 6.17. The number of thiocarbonyl (C=S) groups is 1. The molecule has 3 heterocycles. The smallest absolute Gasteiger partial charge is 0.270 e. The SMILES string of the molecule is CC(=O)Nc1ccc(N2C(=S)N[C@@H](c3ccccn3)[C@@H]2c2ccc(-c3cccc([N+](=O)[O-])c3)o2)cc1. The Morgan fingerprint density at radius 2 is 1.92 bits per heavy atom. The highest BCUT2D eigenvalue weighted by atomic mass is 32.1. The Hall–Kier alpha value is -4.57. The molecule has 10 heteroatoms. The van der Waals surface area contributed by atoms with Crippen LogP contribution in [-0.4, -0.2) is 20.9 Å². The summed E-state index contributed by atoms with van der Waals surface area (Å²) in [5.41, 5.74) is 2.85. The number of nitro benzene ring substituents is 1. The molecule has 2 aromatic heterocycles. The number of rotatable bonds is 6. The lowest BCUT2D eigenvalue weighted by atomic mass is 10.0. The van der Waals surface area contributed by atoms with Gasteiger partial charge in [0.1, 0.15) is 17.6 Å². The van der Waals surface area contributed by atoms with Gasteiger partial charge in [-0.2, -0.15) is 0 Å². The van der Waals surface area contributed by atoms with Gasteiger partial charge in [-0.15, -0.1) is 0 Å². The van der Waals surface area contributed by atoms with Crippen molar-refractivity contribution in [2.45, 2.75) is 19.0 Å². The molecule has 9 nitrogen and oxygen atoms in total. The molecule has 0 bridgehead atoms. The zero-order valence-corrected chi connectivity index (χ0v) is 19.9. The lowest BCUT2D eigenvalue weighted by Gasteiger charge is -2.26. The maximum absolute atomic E-state index is 11.4. The number of hydrogen-bond donors (Lipinski definition) is 2. The first kappa shape index (κ1) is 23.2. The van der Waals surface area contributed by atoms with Gasteiger partial charge in [-0.25, -0.2) is 0 Å². The highest BCUT2D eigenvalue weighted by molar-refractivity contribution is 7.80. The van der Waals surface area contributed by atoms with Gasteiger partial charge in [-0.05, 0) is 60.7 Å². The molecule has 1 amide bonds. The van der Waals surface area contributed by atoms with Crippen molar-refractivity contribution in [1.82, 2.24) is 10.3 Å². The first-order chi connectivity index (χ1) is 17.4. The van der Waals surface area contributed by atoms with Crippen LogP contribution in [0.5, 0.6) is 0 Å². The van der Waals surface area contributed by atoms with E-state index in [4.69, 9.17) is 16.6 Å². The summed E-state index contributed by atoms with van der Waals surface area (Å²) >= 11 is 5.73. The molecule has 2 aromatic carbocycles. The summed E-state index contributed by atoms with van der Waals surface area (Å²) in [4.78, 5) is 28.7. The second kappa shape index (κ2) is 9.59. The van der Waals surface area contributed by atoms with Gasteiger partial charge in [0.15, 0.2) is 5.11 Å². The minimum absolute atomic E-state index is 0.0126. The molecular formula is C26H21N5O4S. The standard InChI is InChI=1S/C26H21N5O4S/c1-16(32)28-18-8-10-19(11-9-18)30-25(24(29-26(30)36)21-7-2-3-14-27-21)23-13-12-22(35-23)17-5-4-6-20(15-17)31(33)34/h2-15,24-25H,1H3,(H,28,32)(H,29,36)/t24-,25-/m0/s1. The van der Waals surface area contributed by atoms with Gasteiger partial charge in [0.2, 0.25) is 5.91 Å². The number of nitro groups is 1. The van der Waals surface area contributed by atoms with E-state index in [1.807, 2.05) is 41.3 Å². The molecule has 2 N–H and O–H groups in total. The number of benzene rings is 2. The average Bonchev–Trinajstić information content (AvgIpc) is 3.49. The average molecular weight is 500 g/mol. The van der Waals surface area contributed by atoms with Crippen LogP contribution in [0.1, 0.15) is 30.5 Å². The first-order valence-corrected chi connectivity index (χ1v) is 11.5. The summed E-state index contributed by atoms with van der Waals surface area (Å²) in [5.74, 6) is 0.969. The highest BCUT2D eigenvalue weighted by Crippen LogP contribution is 2.43. The van der Waals surface area contributed by atoms with E-state index in [1.165, 1.54) is 19.1 Å². The van der Waals surface area contributed by atoms with Crippen molar-refractivity contribution in [2.75, 3.05) is 10.2 Å². The molecule has 180 valence electrons. The van der Waals surface area contributed by atoms with Crippen LogP contribution < -0.4 is 15.5 Å². The fourth-order valence-electron chi connectivity index (χ4n) is 4.27. The summed E-state index contributed by atoms with van der Waals surface area (Å²) < 4.78 is 6.27. The van der Waals surface area contributed by atoms with Gasteiger partial charge in [0, 0.05) is 42.2 Å². The van der Waals surface area contributed by atoms with Crippen molar-refractivity contribution in [1.29, 1.82) is 0 Å². The maximum atomic E-state index is 11.4. The van der Waals surface area contributed by atoms with E-state index in [9.17, 15) is 14.9 Å². The molecule has 0 spiro atoms. The fraction of sp³-hybridized carbons (Fsp3) is 0.115. The van der Waals surface area contributed by atoms with Crippen molar-refractivity contribution in [3.05, 3.63) is 107 Å². The highest BCUT2D eigenvalue weighted by Gasteiger charge is 2.42. The summed E-state index contributed by atoms with van der Waals surface area (Å²) in [6.07, 6.45) is 1.72. The van der Waals surface area contributed by atoms with Gasteiger partial charge in [0.25, 0.3) is 5.69 Å². The van der Waals surface area contributed by atoms with E-state index in [0.29, 0.717) is 27.9 Å². The third kappa shape index (κ3) is 4.53. The molecule has 1 fully saturated rings. The molecule has 1 aliphatic heterocycles. The third-order valence-electron chi connectivity index (χ3n) is 5.82. The van der Waals surface area contributed by atoms with Crippen LogP contribution in [0.15, 0.2) is 89.5 Å². The predicted octanol–water partition coefficient (Wildman–Crippen LogP) is 5.39. The Balaban J connectivity index is 1.55. The van der Waals surface area contributed by atoms with Crippen molar-refractivity contribution in [3.8, 4) is 11.3 Å². The van der Waals surface area contributed by atoms with Gasteiger partial charge in [-0.1, -0.05) is 18.2 Å². The van der Waals surface area contributed by atoms with E-state index in [1.54, 1.807) is 36.5 Å². The summed E-state index contributed by atoms with van der Waals surface area (Å²) in [6, 6.07) is 22.3. The number of anilines is 2.